The number of nitrogens with zero attached hydrogens (tertiary/aromatic N) is 4. The van der Waals surface area contributed by atoms with Crippen molar-refractivity contribution in [2.75, 3.05) is 0 Å². The highest BCUT2D eigenvalue weighted by atomic mass is 35.5. The van der Waals surface area contributed by atoms with Crippen LogP contribution in [0.4, 0.5) is 4.39 Å². The van der Waals surface area contributed by atoms with Crippen molar-refractivity contribution in [3.05, 3.63) is 95.2 Å². The molecule has 0 atom stereocenters. The Bertz CT molecular complexity index is 1430. The number of H-pyrrole nitrogens is 1. The maximum absolute atomic E-state index is 14.7. The van der Waals surface area contributed by atoms with Crippen molar-refractivity contribution in [2.24, 2.45) is 0 Å². The Labute approximate surface area is 197 Å². The molecular weight excluding hydrogens is 459 g/mol. The Morgan fingerprint density at radius 1 is 0.971 bits per heavy atom. The van der Waals surface area contributed by atoms with Crippen LogP contribution in [0.1, 0.15) is 16.1 Å². The Balaban J connectivity index is 1.29. The summed E-state index contributed by atoms with van der Waals surface area (Å²) in [5, 5.41) is 17.1. The molecule has 168 valence electrons. The second-order valence-electron chi connectivity index (χ2n) is 7.34. The molecule has 0 unspecified atom stereocenters. The molecule has 2 heterocycles. The summed E-state index contributed by atoms with van der Waals surface area (Å²) in [6, 6.07) is 19.1. The fourth-order valence-corrected chi connectivity index (χ4v) is 3.57. The summed E-state index contributed by atoms with van der Waals surface area (Å²) >= 11 is 5.91. The first-order valence-electron chi connectivity index (χ1n) is 10.2. The zero-order valence-corrected chi connectivity index (χ0v) is 18.3. The Kier molecular flexibility index (Phi) is 5.84. The standard InChI is InChI=1S/C24H16ClFN6O2/c25-19-9-7-14(8-10-19)17-5-6-18(20(26)11-17)12-27-24(33)21-22(34-13-28-21)15-1-3-16(4-2-15)23-29-31-32-30-23/h1-11,13H,12H2,(H,27,33)(H,29,30,31,32). The molecule has 1 amide bonds. The van der Waals surface area contributed by atoms with Crippen LogP contribution in [-0.2, 0) is 6.54 Å². The van der Waals surface area contributed by atoms with Gasteiger partial charge in [0.15, 0.2) is 17.8 Å². The van der Waals surface area contributed by atoms with Crippen LogP contribution >= 0.6 is 11.6 Å². The van der Waals surface area contributed by atoms with Gasteiger partial charge in [0.2, 0.25) is 5.82 Å². The van der Waals surface area contributed by atoms with E-state index in [1.54, 1.807) is 48.5 Å². The third-order valence-corrected chi connectivity index (χ3v) is 5.46. The summed E-state index contributed by atoms with van der Waals surface area (Å²) < 4.78 is 20.1. The second kappa shape index (κ2) is 9.24. The average Bonchev–Trinajstić information content (AvgIpc) is 3.56. The van der Waals surface area contributed by atoms with E-state index in [0.29, 0.717) is 33.3 Å². The van der Waals surface area contributed by atoms with E-state index in [4.69, 9.17) is 16.0 Å². The number of tetrazole rings is 1. The second-order valence-corrected chi connectivity index (χ2v) is 7.78. The molecule has 8 nitrogen and oxygen atoms in total. The molecule has 0 aliphatic carbocycles. The van der Waals surface area contributed by atoms with Crippen LogP contribution in [0.15, 0.2) is 77.5 Å². The molecule has 0 saturated carbocycles. The highest BCUT2D eigenvalue weighted by molar-refractivity contribution is 6.30. The first-order chi connectivity index (χ1) is 16.6. The monoisotopic (exact) mass is 474 g/mol. The number of benzene rings is 3. The summed E-state index contributed by atoms with van der Waals surface area (Å²) in [6.07, 6.45) is 1.19. The Morgan fingerprint density at radius 3 is 2.38 bits per heavy atom. The first kappa shape index (κ1) is 21.5. The molecule has 5 aromatic rings. The van der Waals surface area contributed by atoms with E-state index >= 15 is 0 Å². The van der Waals surface area contributed by atoms with Crippen molar-refractivity contribution in [1.29, 1.82) is 0 Å². The minimum Gasteiger partial charge on any atom is -0.443 e. The third kappa shape index (κ3) is 4.41. The summed E-state index contributed by atoms with van der Waals surface area (Å²) in [7, 11) is 0. The third-order valence-electron chi connectivity index (χ3n) is 5.20. The molecule has 2 aromatic heterocycles. The lowest BCUT2D eigenvalue weighted by molar-refractivity contribution is 0.0946. The summed E-state index contributed by atoms with van der Waals surface area (Å²) in [5.41, 5.74) is 3.41. The number of hydrogen-bond acceptors (Lipinski definition) is 6. The van der Waals surface area contributed by atoms with E-state index in [1.807, 2.05) is 12.1 Å². The lowest BCUT2D eigenvalue weighted by atomic mass is 10.0. The van der Waals surface area contributed by atoms with Gasteiger partial charge >= 0.3 is 0 Å². The van der Waals surface area contributed by atoms with Gasteiger partial charge in [0.25, 0.3) is 5.91 Å². The van der Waals surface area contributed by atoms with Gasteiger partial charge in [-0.3, -0.25) is 4.79 Å². The molecule has 0 aliphatic rings. The van der Waals surface area contributed by atoms with Crippen molar-refractivity contribution in [3.8, 4) is 33.8 Å². The number of amides is 1. The van der Waals surface area contributed by atoms with Crippen molar-refractivity contribution >= 4 is 17.5 Å². The van der Waals surface area contributed by atoms with Crippen LogP contribution in [-0.4, -0.2) is 31.5 Å². The molecule has 0 saturated heterocycles. The molecule has 0 aliphatic heterocycles. The fourth-order valence-electron chi connectivity index (χ4n) is 3.44. The number of carbonyl (C=O) groups is 1. The van der Waals surface area contributed by atoms with Crippen molar-refractivity contribution in [3.63, 3.8) is 0 Å². The minimum atomic E-state index is -0.479. The molecule has 0 bridgehead atoms. The molecule has 5 rings (SSSR count). The lowest BCUT2D eigenvalue weighted by Gasteiger charge is -2.08. The topological polar surface area (TPSA) is 110 Å². The average molecular weight is 475 g/mol. The number of nitrogens with one attached hydrogen (secondary N) is 2. The maximum atomic E-state index is 14.7. The predicted octanol–water partition coefficient (Wildman–Crippen LogP) is 4.91. The van der Waals surface area contributed by atoms with Crippen LogP contribution in [0, 0.1) is 5.82 Å². The molecule has 10 heteroatoms. The van der Waals surface area contributed by atoms with Gasteiger partial charge in [-0.15, -0.1) is 10.2 Å². The molecule has 3 aromatic carbocycles. The van der Waals surface area contributed by atoms with Gasteiger partial charge < -0.3 is 9.73 Å². The number of halogens is 2. The molecule has 0 radical (unpaired) electrons. The van der Waals surface area contributed by atoms with E-state index in [9.17, 15) is 9.18 Å². The van der Waals surface area contributed by atoms with Crippen LogP contribution in [0.25, 0.3) is 33.8 Å². The van der Waals surface area contributed by atoms with Gasteiger partial charge in [-0.2, -0.15) is 5.21 Å². The lowest BCUT2D eigenvalue weighted by Crippen LogP contribution is -2.24. The van der Waals surface area contributed by atoms with Gasteiger partial charge in [-0.25, -0.2) is 9.37 Å². The van der Waals surface area contributed by atoms with Crippen LogP contribution in [0.3, 0.4) is 0 Å². The van der Waals surface area contributed by atoms with E-state index in [2.05, 4.69) is 30.9 Å². The summed E-state index contributed by atoms with van der Waals surface area (Å²) in [5.74, 6) is -0.153. The molecule has 0 fully saturated rings. The van der Waals surface area contributed by atoms with Crippen LogP contribution in [0.5, 0.6) is 0 Å². The smallest absolute Gasteiger partial charge is 0.274 e. The number of aromatic nitrogens is 5. The summed E-state index contributed by atoms with van der Waals surface area (Å²) in [6.45, 7) is -0.00533. The van der Waals surface area contributed by atoms with Crippen molar-refractivity contribution < 1.29 is 13.6 Å². The van der Waals surface area contributed by atoms with E-state index in [0.717, 1.165) is 11.1 Å². The predicted molar refractivity (Wildman–Crippen MR) is 123 cm³/mol. The SMILES string of the molecule is O=C(NCc1ccc(-c2ccc(Cl)cc2)cc1F)c1ncoc1-c1ccc(-c2nn[nH]n2)cc1. The van der Waals surface area contributed by atoms with E-state index in [-0.39, 0.29) is 12.2 Å². The van der Waals surface area contributed by atoms with E-state index < -0.39 is 11.7 Å². The van der Waals surface area contributed by atoms with E-state index in [1.165, 1.54) is 12.5 Å². The zero-order valence-electron chi connectivity index (χ0n) is 17.5. The van der Waals surface area contributed by atoms with Gasteiger partial charge in [-0.05, 0) is 34.5 Å². The highest BCUT2D eigenvalue weighted by Gasteiger charge is 2.19. The number of oxazole rings is 1. The van der Waals surface area contributed by atoms with Crippen molar-refractivity contribution in [1.82, 2.24) is 30.9 Å². The normalized spacial score (nSPS) is 10.9. The zero-order chi connectivity index (χ0) is 23.5. The minimum absolute atomic E-state index is 0.00533. The number of aromatic amines is 1. The van der Waals surface area contributed by atoms with Crippen LogP contribution < -0.4 is 5.32 Å². The molecule has 2 N–H and O–H groups in total. The van der Waals surface area contributed by atoms with Crippen LogP contribution in [0.2, 0.25) is 5.02 Å². The van der Waals surface area contributed by atoms with Gasteiger partial charge in [0, 0.05) is 28.3 Å². The summed E-state index contributed by atoms with van der Waals surface area (Å²) in [4.78, 5) is 16.8. The number of rotatable bonds is 6. The Morgan fingerprint density at radius 2 is 1.68 bits per heavy atom. The fraction of sp³-hybridized carbons (Fsp3) is 0.0417. The first-order valence-corrected chi connectivity index (χ1v) is 10.6. The Hall–Kier alpha value is -4.37. The van der Waals surface area contributed by atoms with Gasteiger partial charge in [0.05, 0.1) is 0 Å². The van der Waals surface area contributed by atoms with Crippen molar-refractivity contribution in [2.45, 2.75) is 6.54 Å². The number of carbonyl (C=O) groups excluding carboxylic acids is 1. The molecular formula is C24H16ClFN6O2. The maximum Gasteiger partial charge on any atom is 0.274 e. The molecule has 34 heavy (non-hydrogen) atoms. The number of hydrogen-bond donors (Lipinski definition) is 2. The molecule has 0 spiro atoms. The van der Waals surface area contributed by atoms with Gasteiger partial charge in [-0.1, -0.05) is 60.1 Å². The quantitative estimate of drug-likeness (QED) is 0.362. The van der Waals surface area contributed by atoms with Gasteiger partial charge in [0.1, 0.15) is 5.82 Å². The largest absolute Gasteiger partial charge is 0.443 e. The highest BCUT2D eigenvalue weighted by Crippen LogP contribution is 2.26.